The largest absolute Gasteiger partial charge is 0.492 e. The first-order chi connectivity index (χ1) is 12.2. The number of ether oxygens (including phenoxy) is 1. The summed E-state index contributed by atoms with van der Waals surface area (Å²) < 4.78 is 5.63. The van der Waals surface area contributed by atoms with Gasteiger partial charge in [-0.3, -0.25) is 0 Å². The van der Waals surface area contributed by atoms with Gasteiger partial charge < -0.3 is 15.4 Å². The van der Waals surface area contributed by atoms with Gasteiger partial charge in [0.15, 0.2) is 0 Å². The van der Waals surface area contributed by atoms with Gasteiger partial charge >= 0.3 is 0 Å². The Hall–Kier alpha value is -2.79. The summed E-state index contributed by atoms with van der Waals surface area (Å²) in [7, 11) is 0. The van der Waals surface area contributed by atoms with Crippen molar-refractivity contribution in [2.24, 2.45) is 0 Å². The van der Waals surface area contributed by atoms with E-state index < -0.39 is 0 Å². The minimum Gasteiger partial charge on any atom is -0.492 e. The number of benzene rings is 2. The summed E-state index contributed by atoms with van der Waals surface area (Å²) >= 11 is 6.20. The lowest BCUT2D eigenvalue weighted by atomic mass is 10.3. The first kappa shape index (κ1) is 17.0. The molecule has 0 aliphatic heterocycles. The average Bonchev–Trinajstić information content (AvgIpc) is 2.58. The highest BCUT2D eigenvalue weighted by molar-refractivity contribution is 6.33. The van der Waals surface area contributed by atoms with Gasteiger partial charge in [0.05, 0.1) is 23.0 Å². The quantitative estimate of drug-likeness (QED) is 0.627. The van der Waals surface area contributed by atoms with E-state index in [0.29, 0.717) is 23.4 Å². The Balaban J connectivity index is 1.86. The molecule has 0 amide bonds. The fourth-order valence-corrected chi connectivity index (χ4v) is 2.54. The molecule has 3 rings (SSSR count). The molecule has 0 bridgehead atoms. The SMILES string of the molecule is CCOc1ccccc1Nc1nc(C)cc(Nc2ccccc2Cl)n1. The van der Waals surface area contributed by atoms with Crippen molar-refractivity contribution in [1.29, 1.82) is 0 Å². The molecule has 0 fully saturated rings. The van der Waals surface area contributed by atoms with Crippen LogP contribution in [0.25, 0.3) is 0 Å². The van der Waals surface area contributed by atoms with E-state index in [0.717, 1.165) is 22.8 Å². The highest BCUT2D eigenvalue weighted by Crippen LogP contribution is 2.28. The Kier molecular flexibility index (Phi) is 5.36. The third-order valence-corrected chi connectivity index (χ3v) is 3.75. The predicted molar refractivity (Wildman–Crippen MR) is 102 cm³/mol. The molecule has 1 heterocycles. The fourth-order valence-electron chi connectivity index (χ4n) is 2.36. The van der Waals surface area contributed by atoms with Crippen molar-refractivity contribution >= 4 is 34.7 Å². The molecule has 3 aromatic rings. The van der Waals surface area contributed by atoms with E-state index in [9.17, 15) is 0 Å². The summed E-state index contributed by atoms with van der Waals surface area (Å²) in [6.07, 6.45) is 0. The molecule has 0 radical (unpaired) electrons. The highest BCUT2D eigenvalue weighted by atomic mass is 35.5. The van der Waals surface area contributed by atoms with Gasteiger partial charge in [0.1, 0.15) is 11.6 Å². The van der Waals surface area contributed by atoms with Gasteiger partial charge in [-0.05, 0) is 38.1 Å². The standard InChI is InChI=1S/C19H19ClN4O/c1-3-25-17-11-7-6-10-16(17)23-19-21-13(2)12-18(24-19)22-15-9-5-4-8-14(15)20/h4-12H,3H2,1-2H3,(H2,21,22,23,24). The van der Waals surface area contributed by atoms with Crippen LogP contribution < -0.4 is 15.4 Å². The molecule has 1 aromatic heterocycles. The van der Waals surface area contributed by atoms with Gasteiger partial charge in [-0.15, -0.1) is 0 Å². The van der Waals surface area contributed by atoms with E-state index in [1.807, 2.05) is 68.4 Å². The van der Waals surface area contributed by atoms with E-state index in [-0.39, 0.29) is 0 Å². The molecule has 2 N–H and O–H groups in total. The second kappa shape index (κ2) is 7.85. The average molecular weight is 355 g/mol. The zero-order valence-corrected chi connectivity index (χ0v) is 14.8. The van der Waals surface area contributed by atoms with E-state index in [4.69, 9.17) is 16.3 Å². The van der Waals surface area contributed by atoms with E-state index in [1.54, 1.807) is 0 Å². The molecule has 0 saturated carbocycles. The third-order valence-electron chi connectivity index (χ3n) is 3.42. The van der Waals surface area contributed by atoms with Gasteiger partial charge in [-0.2, -0.15) is 4.98 Å². The topological polar surface area (TPSA) is 59.1 Å². The minimum atomic E-state index is 0.488. The normalized spacial score (nSPS) is 10.4. The molecule has 0 atom stereocenters. The van der Waals surface area contributed by atoms with Gasteiger partial charge in [-0.25, -0.2) is 4.98 Å². The molecule has 0 spiro atoms. The van der Waals surface area contributed by atoms with Crippen molar-refractivity contribution in [3.05, 3.63) is 65.3 Å². The summed E-state index contributed by atoms with van der Waals surface area (Å²) in [5, 5.41) is 7.08. The van der Waals surface area contributed by atoms with Gasteiger partial charge in [0, 0.05) is 11.8 Å². The number of aryl methyl sites for hydroxylation is 1. The molecule has 0 aliphatic rings. The van der Waals surface area contributed by atoms with Crippen LogP contribution in [0.3, 0.4) is 0 Å². The minimum absolute atomic E-state index is 0.488. The lowest BCUT2D eigenvalue weighted by Gasteiger charge is -2.13. The second-order valence-corrected chi connectivity index (χ2v) is 5.78. The number of nitrogens with one attached hydrogen (secondary N) is 2. The summed E-state index contributed by atoms with van der Waals surface area (Å²) in [6.45, 7) is 4.46. The molecule has 0 aliphatic carbocycles. The van der Waals surface area contributed by atoms with Crippen LogP contribution in [0.4, 0.5) is 23.1 Å². The van der Waals surface area contributed by atoms with Crippen LogP contribution in [-0.4, -0.2) is 16.6 Å². The van der Waals surface area contributed by atoms with Crippen LogP contribution in [-0.2, 0) is 0 Å². The summed E-state index contributed by atoms with van der Waals surface area (Å²) in [5.41, 5.74) is 2.45. The zero-order valence-electron chi connectivity index (χ0n) is 14.1. The molecule has 5 nitrogen and oxygen atoms in total. The second-order valence-electron chi connectivity index (χ2n) is 5.38. The van der Waals surface area contributed by atoms with Crippen LogP contribution in [0.1, 0.15) is 12.6 Å². The number of nitrogens with zero attached hydrogens (tertiary/aromatic N) is 2. The van der Waals surface area contributed by atoms with Crippen LogP contribution in [0.2, 0.25) is 5.02 Å². The van der Waals surface area contributed by atoms with Crippen LogP contribution in [0.5, 0.6) is 5.75 Å². The van der Waals surface area contributed by atoms with Crippen molar-refractivity contribution in [3.63, 3.8) is 0 Å². The number of aromatic nitrogens is 2. The molecule has 25 heavy (non-hydrogen) atoms. The van der Waals surface area contributed by atoms with Crippen molar-refractivity contribution in [3.8, 4) is 5.75 Å². The Labute approximate surface area is 152 Å². The lowest BCUT2D eigenvalue weighted by Crippen LogP contribution is -2.04. The van der Waals surface area contributed by atoms with Gasteiger partial charge in [0.25, 0.3) is 0 Å². The molecule has 0 unspecified atom stereocenters. The Morgan fingerprint density at radius 3 is 2.44 bits per heavy atom. The molecular formula is C19H19ClN4O. The summed E-state index contributed by atoms with van der Waals surface area (Å²) in [4.78, 5) is 8.96. The molecule has 128 valence electrons. The number of anilines is 4. The van der Waals surface area contributed by atoms with Crippen molar-refractivity contribution in [2.75, 3.05) is 17.2 Å². The monoisotopic (exact) mass is 354 g/mol. The Morgan fingerprint density at radius 2 is 1.68 bits per heavy atom. The number of para-hydroxylation sites is 3. The van der Waals surface area contributed by atoms with Crippen LogP contribution in [0, 0.1) is 6.92 Å². The molecule has 0 saturated heterocycles. The maximum Gasteiger partial charge on any atom is 0.229 e. The maximum absolute atomic E-state index is 6.20. The van der Waals surface area contributed by atoms with Gasteiger partial charge in [-0.1, -0.05) is 35.9 Å². The molecular weight excluding hydrogens is 336 g/mol. The number of hydrogen-bond donors (Lipinski definition) is 2. The van der Waals surface area contributed by atoms with Crippen LogP contribution in [0.15, 0.2) is 54.6 Å². The lowest BCUT2D eigenvalue weighted by molar-refractivity contribution is 0.342. The zero-order chi connectivity index (χ0) is 17.6. The summed E-state index contributed by atoms with van der Waals surface area (Å²) in [6, 6.07) is 17.1. The smallest absolute Gasteiger partial charge is 0.229 e. The van der Waals surface area contributed by atoms with Crippen molar-refractivity contribution in [1.82, 2.24) is 9.97 Å². The predicted octanol–water partition coefficient (Wildman–Crippen LogP) is 5.32. The number of halogens is 1. The maximum atomic E-state index is 6.20. The molecule has 6 heteroatoms. The van der Waals surface area contributed by atoms with Crippen molar-refractivity contribution in [2.45, 2.75) is 13.8 Å². The first-order valence-corrected chi connectivity index (χ1v) is 8.39. The van der Waals surface area contributed by atoms with Gasteiger partial charge in [0.2, 0.25) is 5.95 Å². The number of rotatable bonds is 6. The number of hydrogen-bond acceptors (Lipinski definition) is 5. The fraction of sp³-hybridized carbons (Fsp3) is 0.158. The Bertz CT molecular complexity index is 870. The summed E-state index contributed by atoms with van der Waals surface area (Å²) in [5.74, 6) is 1.91. The third kappa shape index (κ3) is 4.39. The van der Waals surface area contributed by atoms with Crippen molar-refractivity contribution < 1.29 is 4.74 Å². The first-order valence-electron chi connectivity index (χ1n) is 8.02. The van der Waals surface area contributed by atoms with E-state index >= 15 is 0 Å². The van der Waals surface area contributed by atoms with Crippen LogP contribution >= 0.6 is 11.6 Å². The van der Waals surface area contributed by atoms with E-state index in [2.05, 4.69) is 20.6 Å². The highest BCUT2D eigenvalue weighted by Gasteiger charge is 2.08. The Morgan fingerprint density at radius 1 is 0.960 bits per heavy atom. The van der Waals surface area contributed by atoms with E-state index in [1.165, 1.54) is 0 Å². The molecule has 2 aromatic carbocycles.